The van der Waals surface area contributed by atoms with Crippen LogP contribution in [0.1, 0.15) is 17.0 Å². The highest BCUT2D eigenvalue weighted by molar-refractivity contribution is 6.42. The van der Waals surface area contributed by atoms with Crippen molar-refractivity contribution in [1.82, 2.24) is 20.7 Å². The van der Waals surface area contributed by atoms with Gasteiger partial charge in [0.15, 0.2) is 0 Å². The van der Waals surface area contributed by atoms with Crippen LogP contribution >= 0.6 is 23.2 Å². The van der Waals surface area contributed by atoms with Crippen LogP contribution in [0.25, 0.3) is 16.8 Å². The molecule has 2 aliphatic heterocycles. The molecule has 0 bridgehead atoms. The summed E-state index contributed by atoms with van der Waals surface area (Å²) < 4.78 is 42.0. The summed E-state index contributed by atoms with van der Waals surface area (Å²) in [7, 11) is 0. The van der Waals surface area contributed by atoms with Gasteiger partial charge in [0.25, 0.3) is 5.91 Å². The minimum atomic E-state index is -4.61. The molecule has 0 saturated carbocycles. The average Bonchev–Trinajstić information content (AvgIpc) is 3.22. The van der Waals surface area contributed by atoms with Crippen LogP contribution in [-0.4, -0.2) is 34.3 Å². The maximum Gasteiger partial charge on any atom is 0.406 e. The maximum absolute atomic E-state index is 14.0. The molecular weight excluding hydrogens is 488 g/mol. The van der Waals surface area contributed by atoms with Crippen LogP contribution in [0.2, 0.25) is 10.0 Å². The first kappa shape index (κ1) is 22.7. The molecule has 5 rings (SSSR count). The van der Waals surface area contributed by atoms with Gasteiger partial charge in [0.2, 0.25) is 0 Å². The van der Waals surface area contributed by atoms with E-state index in [0.29, 0.717) is 16.8 Å². The fourth-order valence-corrected chi connectivity index (χ4v) is 4.65. The number of halogens is 5. The summed E-state index contributed by atoms with van der Waals surface area (Å²) >= 11 is 12.1. The van der Waals surface area contributed by atoms with Crippen molar-refractivity contribution >= 4 is 34.8 Å². The normalized spacial score (nSPS) is 22.3. The molecule has 5 nitrogen and oxygen atoms in total. The molecule has 2 aromatic carbocycles. The first-order valence-corrected chi connectivity index (χ1v) is 11.1. The molecule has 0 spiro atoms. The highest BCUT2D eigenvalue weighted by Crippen LogP contribution is 2.42. The Labute approximate surface area is 203 Å². The van der Waals surface area contributed by atoms with Crippen molar-refractivity contribution in [2.75, 3.05) is 0 Å². The molecule has 3 atom stereocenters. The molecule has 3 unspecified atom stereocenters. The quantitative estimate of drug-likeness (QED) is 0.502. The Hall–Kier alpha value is -3.07. The van der Waals surface area contributed by atoms with E-state index < -0.39 is 30.2 Å². The van der Waals surface area contributed by atoms with Crippen LogP contribution in [0.15, 0.2) is 73.1 Å². The number of aromatic nitrogens is 1. The van der Waals surface area contributed by atoms with Gasteiger partial charge in [0.1, 0.15) is 12.2 Å². The van der Waals surface area contributed by atoms with Gasteiger partial charge < -0.3 is 5.32 Å². The van der Waals surface area contributed by atoms with Gasteiger partial charge in [-0.15, -0.1) is 0 Å². The highest BCUT2D eigenvalue weighted by atomic mass is 35.5. The minimum Gasteiger partial charge on any atom is -0.363 e. The van der Waals surface area contributed by atoms with Crippen LogP contribution in [0.4, 0.5) is 13.2 Å². The summed E-state index contributed by atoms with van der Waals surface area (Å²) in [6, 6.07) is 13.4. The lowest BCUT2D eigenvalue weighted by Crippen LogP contribution is -2.53. The summed E-state index contributed by atoms with van der Waals surface area (Å²) in [5, 5.41) is 4.50. The molecular formula is C24H17Cl2F3N4O. The number of hydrogen-bond donors (Lipinski definition) is 2. The van der Waals surface area contributed by atoms with Gasteiger partial charge in [0.05, 0.1) is 16.0 Å². The van der Waals surface area contributed by atoms with Gasteiger partial charge in [-0.2, -0.15) is 13.2 Å². The predicted molar refractivity (Wildman–Crippen MR) is 124 cm³/mol. The Kier molecular flexibility index (Phi) is 5.75. The number of rotatable bonds is 3. The molecule has 1 saturated heterocycles. The molecule has 174 valence electrons. The van der Waals surface area contributed by atoms with Gasteiger partial charge >= 0.3 is 6.18 Å². The molecule has 3 heterocycles. The van der Waals surface area contributed by atoms with Crippen molar-refractivity contribution in [1.29, 1.82) is 0 Å². The molecule has 10 heteroatoms. The van der Waals surface area contributed by atoms with Crippen LogP contribution in [0.3, 0.4) is 0 Å². The number of fused-ring (bicyclic) bond motifs is 1. The molecule has 1 fully saturated rings. The second-order valence-corrected chi connectivity index (χ2v) is 8.84. The van der Waals surface area contributed by atoms with Crippen LogP contribution in [0, 0.1) is 0 Å². The lowest BCUT2D eigenvalue weighted by Gasteiger charge is -2.33. The Bertz CT molecular complexity index is 1280. The number of pyridine rings is 1. The molecule has 1 amide bonds. The van der Waals surface area contributed by atoms with Gasteiger partial charge in [-0.1, -0.05) is 53.5 Å². The van der Waals surface area contributed by atoms with Gasteiger partial charge in [-0.25, -0.2) is 5.43 Å². The molecule has 34 heavy (non-hydrogen) atoms. The van der Waals surface area contributed by atoms with E-state index in [4.69, 9.17) is 23.2 Å². The summed E-state index contributed by atoms with van der Waals surface area (Å²) in [6.07, 6.45) is -0.950. The van der Waals surface area contributed by atoms with Crippen molar-refractivity contribution < 1.29 is 18.0 Å². The van der Waals surface area contributed by atoms with Crippen molar-refractivity contribution in [2.24, 2.45) is 0 Å². The van der Waals surface area contributed by atoms with E-state index in [0.717, 1.165) is 16.1 Å². The monoisotopic (exact) mass is 504 g/mol. The molecule has 0 aliphatic carbocycles. The third-order valence-corrected chi connectivity index (χ3v) is 6.65. The number of alkyl halides is 3. The fraction of sp³-hybridized carbons (Fsp3) is 0.167. The smallest absolute Gasteiger partial charge is 0.363 e. The number of benzene rings is 2. The number of carbonyl (C=O) groups is 1. The van der Waals surface area contributed by atoms with Crippen molar-refractivity contribution in [3.63, 3.8) is 0 Å². The van der Waals surface area contributed by atoms with Crippen LogP contribution < -0.4 is 10.7 Å². The summed E-state index contributed by atoms with van der Waals surface area (Å²) in [5.74, 6) is -1.74. The zero-order valence-electron chi connectivity index (χ0n) is 17.4. The van der Waals surface area contributed by atoms with E-state index in [-0.39, 0.29) is 10.0 Å². The van der Waals surface area contributed by atoms with Gasteiger partial charge in [-0.05, 0) is 41.0 Å². The molecule has 1 aromatic heterocycles. The van der Waals surface area contributed by atoms with Crippen LogP contribution in [0.5, 0.6) is 0 Å². The largest absolute Gasteiger partial charge is 0.406 e. The Morgan fingerprint density at radius 3 is 2.41 bits per heavy atom. The standard InChI is InChI=1S/C24H17Cl2F3N4O/c25-17-7-6-15(10-18(17)26)21-22(24(27,28)29)32-33-20(34)11-19(31-23(21)33)14-4-1-3-13(9-14)16-5-2-8-30-12-16/h1-12,21-23,31-32H. The second-order valence-electron chi connectivity index (χ2n) is 8.03. The molecule has 3 aromatic rings. The Morgan fingerprint density at radius 2 is 1.71 bits per heavy atom. The summed E-state index contributed by atoms with van der Waals surface area (Å²) in [4.78, 5) is 17.0. The van der Waals surface area contributed by atoms with E-state index in [1.54, 1.807) is 18.5 Å². The van der Waals surface area contributed by atoms with E-state index in [1.165, 1.54) is 24.3 Å². The van der Waals surface area contributed by atoms with E-state index in [1.807, 2.05) is 30.3 Å². The zero-order valence-corrected chi connectivity index (χ0v) is 18.9. The number of amides is 1. The van der Waals surface area contributed by atoms with E-state index in [9.17, 15) is 18.0 Å². The van der Waals surface area contributed by atoms with Crippen molar-refractivity contribution in [2.45, 2.75) is 24.3 Å². The third kappa shape index (κ3) is 4.13. The first-order valence-electron chi connectivity index (χ1n) is 10.3. The average molecular weight is 505 g/mol. The SMILES string of the molecule is O=C1C=C(c2cccc(-c3cccnc3)c2)NC2C(c3ccc(Cl)c(Cl)c3)C(C(F)(F)F)NN12. The summed E-state index contributed by atoms with van der Waals surface area (Å²) in [5.41, 5.74) is 5.48. The van der Waals surface area contributed by atoms with Crippen molar-refractivity contribution in [3.05, 3.63) is 94.2 Å². The predicted octanol–water partition coefficient (Wildman–Crippen LogP) is 5.39. The number of nitrogens with one attached hydrogen (secondary N) is 2. The maximum atomic E-state index is 14.0. The Balaban J connectivity index is 1.53. The number of nitrogens with zero attached hydrogens (tertiary/aromatic N) is 2. The second kappa shape index (κ2) is 8.61. The first-order chi connectivity index (χ1) is 16.2. The lowest BCUT2D eigenvalue weighted by molar-refractivity contribution is -0.161. The lowest BCUT2D eigenvalue weighted by atomic mass is 9.89. The van der Waals surface area contributed by atoms with Crippen LogP contribution in [-0.2, 0) is 4.79 Å². The minimum absolute atomic E-state index is 0.139. The van der Waals surface area contributed by atoms with Gasteiger partial charge in [0, 0.05) is 29.7 Å². The summed E-state index contributed by atoms with van der Waals surface area (Å²) in [6.45, 7) is 0. The fourth-order valence-electron chi connectivity index (χ4n) is 4.34. The van der Waals surface area contributed by atoms with E-state index >= 15 is 0 Å². The highest BCUT2D eigenvalue weighted by Gasteiger charge is 2.57. The molecule has 2 N–H and O–H groups in total. The van der Waals surface area contributed by atoms with Gasteiger partial charge in [-0.3, -0.25) is 14.8 Å². The van der Waals surface area contributed by atoms with Crippen molar-refractivity contribution in [3.8, 4) is 11.1 Å². The third-order valence-electron chi connectivity index (χ3n) is 5.91. The molecule has 0 radical (unpaired) electrons. The topological polar surface area (TPSA) is 57.3 Å². The number of hydrogen-bond acceptors (Lipinski definition) is 4. The Morgan fingerprint density at radius 1 is 0.941 bits per heavy atom. The number of carbonyl (C=O) groups excluding carboxylic acids is 1. The zero-order chi connectivity index (χ0) is 24.0. The van der Waals surface area contributed by atoms with E-state index in [2.05, 4.69) is 15.7 Å². The molecule has 2 aliphatic rings. The number of hydrazine groups is 1.